The minimum atomic E-state index is -0.257. The zero-order valence-electron chi connectivity index (χ0n) is 12.2. The lowest BCUT2D eigenvalue weighted by molar-refractivity contribution is -0.146. The van der Waals surface area contributed by atoms with E-state index in [0.717, 1.165) is 11.1 Å². The van der Waals surface area contributed by atoms with Gasteiger partial charge in [0.05, 0.1) is 12.5 Å². The summed E-state index contributed by atoms with van der Waals surface area (Å²) in [6, 6.07) is 20.0. The van der Waals surface area contributed by atoms with Crippen molar-refractivity contribution in [1.82, 2.24) is 0 Å². The minimum Gasteiger partial charge on any atom is -0.466 e. The molecular weight excluding hydrogens is 260 g/mol. The van der Waals surface area contributed by atoms with Gasteiger partial charge in [0.25, 0.3) is 0 Å². The number of benzene rings is 2. The average Bonchev–Trinajstić information content (AvgIpc) is 2.53. The molecule has 0 N–H and O–H groups in total. The minimum absolute atomic E-state index is 0.173. The molecule has 0 radical (unpaired) electrons. The van der Waals surface area contributed by atoms with Gasteiger partial charge in [-0.1, -0.05) is 72.8 Å². The number of carbonyl (C=O) groups is 1. The van der Waals surface area contributed by atoms with Crippen LogP contribution in [0, 0.1) is 5.92 Å². The summed E-state index contributed by atoms with van der Waals surface area (Å²) in [5, 5.41) is 0. The van der Waals surface area contributed by atoms with Gasteiger partial charge in [0.2, 0.25) is 0 Å². The van der Waals surface area contributed by atoms with Crippen LogP contribution in [0.15, 0.2) is 66.7 Å². The van der Waals surface area contributed by atoms with Crippen molar-refractivity contribution in [3.8, 4) is 0 Å². The van der Waals surface area contributed by atoms with E-state index in [2.05, 4.69) is 0 Å². The molecular formula is C19H20O2. The third kappa shape index (κ3) is 4.92. The number of hydrogen-bond acceptors (Lipinski definition) is 2. The second-order valence-electron chi connectivity index (χ2n) is 4.82. The standard InChI is InChI=1S/C19H20O2/c1-2-21-19(20)18(15-17-11-7-4-8-12-17)14-13-16-9-5-3-6-10-16/h3-14,18H,2,15H2,1H3/b14-13+/t18-/m1/s1. The number of hydrogen-bond donors (Lipinski definition) is 0. The fourth-order valence-corrected chi connectivity index (χ4v) is 2.14. The van der Waals surface area contributed by atoms with Gasteiger partial charge in [-0.25, -0.2) is 0 Å². The summed E-state index contributed by atoms with van der Waals surface area (Å²) in [5.41, 5.74) is 2.22. The summed E-state index contributed by atoms with van der Waals surface area (Å²) in [4.78, 5) is 12.1. The molecule has 2 heteroatoms. The monoisotopic (exact) mass is 280 g/mol. The third-order valence-electron chi connectivity index (χ3n) is 3.21. The number of ether oxygens (including phenoxy) is 1. The summed E-state index contributed by atoms with van der Waals surface area (Å²) in [7, 11) is 0. The maximum atomic E-state index is 12.1. The Balaban J connectivity index is 2.12. The van der Waals surface area contributed by atoms with Crippen LogP contribution in [-0.2, 0) is 16.0 Å². The summed E-state index contributed by atoms with van der Waals surface area (Å²) < 4.78 is 5.17. The maximum Gasteiger partial charge on any atom is 0.313 e. The van der Waals surface area contributed by atoms with Gasteiger partial charge in [-0.2, -0.15) is 0 Å². The van der Waals surface area contributed by atoms with Gasteiger partial charge in [0.1, 0.15) is 0 Å². The predicted octanol–water partition coefficient (Wildman–Crippen LogP) is 4.12. The molecule has 2 aromatic rings. The van der Waals surface area contributed by atoms with Crippen LogP contribution in [0.1, 0.15) is 18.1 Å². The van der Waals surface area contributed by atoms with Crippen molar-refractivity contribution in [3.63, 3.8) is 0 Å². The molecule has 1 atom stereocenters. The van der Waals surface area contributed by atoms with Crippen molar-refractivity contribution in [2.45, 2.75) is 13.3 Å². The maximum absolute atomic E-state index is 12.1. The molecule has 0 saturated heterocycles. The number of esters is 1. The van der Waals surface area contributed by atoms with Crippen molar-refractivity contribution in [2.24, 2.45) is 5.92 Å². The van der Waals surface area contributed by atoms with Crippen LogP contribution in [0.4, 0.5) is 0 Å². The highest BCUT2D eigenvalue weighted by Crippen LogP contribution is 2.14. The Labute approximate surface area is 126 Å². The Morgan fingerprint density at radius 2 is 1.67 bits per heavy atom. The first-order valence-electron chi connectivity index (χ1n) is 7.23. The highest BCUT2D eigenvalue weighted by atomic mass is 16.5. The van der Waals surface area contributed by atoms with E-state index in [1.807, 2.05) is 79.7 Å². The zero-order valence-corrected chi connectivity index (χ0v) is 12.2. The van der Waals surface area contributed by atoms with Crippen LogP contribution >= 0.6 is 0 Å². The molecule has 0 unspecified atom stereocenters. The second-order valence-corrected chi connectivity index (χ2v) is 4.82. The van der Waals surface area contributed by atoms with Crippen molar-refractivity contribution >= 4 is 12.0 Å². The van der Waals surface area contributed by atoms with E-state index in [9.17, 15) is 4.79 Å². The lowest BCUT2D eigenvalue weighted by Crippen LogP contribution is -2.18. The van der Waals surface area contributed by atoms with E-state index in [4.69, 9.17) is 4.74 Å². The predicted molar refractivity (Wildman–Crippen MR) is 85.7 cm³/mol. The quantitative estimate of drug-likeness (QED) is 0.744. The van der Waals surface area contributed by atoms with Crippen molar-refractivity contribution in [2.75, 3.05) is 6.61 Å². The lowest BCUT2D eigenvalue weighted by atomic mass is 9.98. The first kappa shape index (κ1) is 15.0. The molecule has 2 nitrogen and oxygen atoms in total. The molecule has 0 saturated carbocycles. The highest BCUT2D eigenvalue weighted by molar-refractivity contribution is 5.76. The number of rotatable bonds is 6. The van der Waals surface area contributed by atoms with E-state index in [-0.39, 0.29) is 11.9 Å². The topological polar surface area (TPSA) is 26.3 Å². The molecule has 0 aliphatic heterocycles. The molecule has 2 aromatic carbocycles. The van der Waals surface area contributed by atoms with Gasteiger partial charge in [-0.05, 0) is 24.5 Å². The molecule has 0 fully saturated rings. The molecule has 108 valence electrons. The van der Waals surface area contributed by atoms with Crippen molar-refractivity contribution < 1.29 is 9.53 Å². The van der Waals surface area contributed by atoms with Gasteiger partial charge in [-0.15, -0.1) is 0 Å². The Kier molecular flexibility index (Phi) is 5.77. The van der Waals surface area contributed by atoms with E-state index < -0.39 is 0 Å². The van der Waals surface area contributed by atoms with Crippen molar-refractivity contribution in [1.29, 1.82) is 0 Å². The fourth-order valence-electron chi connectivity index (χ4n) is 2.14. The second kappa shape index (κ2) is 8.05. The van der Waals surface area contributed by atoms with Crippen molar-refractivity contribution in [3.05, 3.63) is 77.9 Å². The summed E-state index contributed by atoms with van der Waals surface area (Å²) >= 11 is 0. The van der Waals surface area contributed by atoms with E-state index >= 15 is 0 Å². The summed E-state index contributed by atoms with van der Waals surface area (Å²) in [6.07, 6.45) is 4.56. The van der Waals surface area contributed by atoms with Gasteiger partial charge in [-0.3, -0.25) is 4.79 Å². The van der Waals surface area contributed by atoms with Crippen LogP contribution in [0.2, 0.25) is 0 Å². The first-order valence-corrected chi connectivity index (χ1v) is 7.23. The highest BCUT2D eigenvalue weighted by Gasteiger charge is 2.17. The smallest absolute Gasteiger partial charge is 0.313 e. The molecule has 0 heterocycles. The molecule has 2 rings (SSSR count). The SMILES string of the molecule is CCOC(=O)[C@H](/C=C/c1ccccc1)Cc1ccccc1. The Morgan fingerprint density at radius 1 is 1.05 bits per heavy atom. The van der Waals surface area contributed by atoms with E-state index in [0.29, 0.717) is 13.0 Å². The number of carbonyl (C=O) groups excluding carboxylic acids is 1. The fraction of sp³-hybridized carbons (Fsp3) is 0.211. The Morgan fingerprint density at radius 3 is 2.29 bits per heavy atom. The first-order chi connectivity index (χ1) is 10.3. The van der Waals surface area contributed by atoms with Crippen LogP contribution in [-0.4, -0.2) is 12.6 Å². The molecule has 0 bridgehead atoms. The molecule has 0 spiro atoms. The Hall–Kier alpha value is -2.35. The molecule has 0 aromatic heterocycles. The summed E-state index contributed by atoms with van der Waals surface area (Å²) in [6.45, 7) is 2.24. The van der Waals surface area contributed by atoms with E-state index in [1.165, 1.54) is 0 Å². The van der Waals surface area contributed by atoms with Gasteiger partial charge in [0, 0.05) is 0 Å². The normalized spacial score (nSPS) is 12.2. The largest absolute Gasteiger partial charge is 0.466 e. The summed E-state index contributed by atoms with van der Waals surface area (Å²) in [5.74, 6) is -0.430. The van der Waals surface area contributed by atoms with Crippen LogP contribution < -0.4 is 0 Å². The van der Waals surface area contributed by atoms with Gasteiger partial charge < -0.3 is 4.74 Å². The molecule has 21 heavy (non-hydrogen) atoms. The van der Waals surface area contributed by atoms with Crippen LogP contribution in [0.5, 0.6) is 0 Å². The lowest BCUT2D eigenvalue weighted by Gasteiger charge is -2.12. The zero-order chi connectivity index (χ0) is 14.9. The average molecular weight is 280 g/mol. The molecule has 0 amide bonds. The van der Waals surface area contributed by atoms with Crippen LogP contribution in [0.3, 0.4) is 0 Å². The molecule has 0 aliphatic rings. The van der Waals surface area contributed by atoms with E-state index in [1.54, 1.807) is 0 Å². The molecule has 0 aliphatic carbocycles. The van der Waals surface area contributed by atoms with Gasteiger partial charge >= 0.3 is 5.97 Å². The third-order valence-corrected chi connectivity index (χ3v) is 3.21. The Bertz CT molecular complexity index is 573. The van der Waals surface area contributed by atoms with Gasteiger partial charge in [0.15, 0.2) is 0 Å². The van der Waals surface area contributed by atoms with Crippen LogP contribution in [0.25, 0.3) is 6.08 Å².